The standard InChI is InChI=1S/C10H19N3O3/c1-10(3-2-4-12-6-10)9(16)13-5-7(14)8(11)15/h7,12,14H,2-6H2,1H3,(H2,11,15)(H,13,16). The minimum atomic E-state index is -1.32. The number of aliphatic hydroxyl groups excluding tert-OH is 1. The Balaban J connectivity index is 2.42. The van der Waals surface area contributed by atoms with Crippen LogP contribution >= 0.6 is 0 Å². The molecule has 0 radical (unpaired) electrons. The summed E-state index contributed by atoms with van der Waals surface area (Å²) in [5, 5.41) is 14.8. The average molecular weight is 229 g/mol. The molecule has 0 bridgehead atoms. The third kappa shape index (κ3) is 3.18. The predicted octanol–water partition coefficient (Wildman–Crippen LogP) is -1.66. The van der Waals surface area contributed by atoms with Gasteiger partial charge in [-0.1, -0.05) is 0 Å². The zero-order chi connectivity index (χ0) is 12.2. The molecule has 0 aromatic heterocycles. The van der Waals surface area contributed by atoms with Gasteiger partial charge in [0, 0.05) is 6.54 Å². The van der Waals surface area contributed by atoms with Crippen LogP contribution in [0.5, 0.6) is 0 Å². The maximum absolute atomic E-state index is 11.8. The molecule has 92 valence electrons. The molecule has 1 aliphatic rings. The van der Waals surface area contributed by atoms with Crippen LogP contribution in [0.4, 0.5) is 0 Å². The first-order valence-corrected chi connectivity index (χ1v) is 5.42. The van der Waals surface area contributed by atoms with Gasteiger partial charge in [-0.2, -0.15) is 0 Å². The highest BCUT2D eigenvalue weighted by molar-refractivity contribution is 5.84. The average Bonchev–Trinajstić information content (AvgIpc) is 2.26. The van der Waals surface area contributed by atoms with Gasteiger partial charge in [-0.3, -0.25) is 9.59 Å². The van der Waals surface area contributed by atoms with E-state index in [9.17, 15) is 9.59 Å². The molecule has 0 saturated carbocycles. The van der Waals surface area contributed by atoms with Crippen molar-refractivity contribution in [2.45, 2.75) is 25.9 Å². The molecule has 1 rings (SSSR count). The van der Waals surface area contributed by atoms with Crippen LogP contribution in [0.3, 0.4) is 0 Å². The van der Waals surface area contributed by atoms with Gasteiger partial charge in [-0.25, -0.2) is 0 Å². The molecule has 1 heterocycles. The highest BCUT2D eigenvalue weighted by atomic mass is 16.3. The molecule has 1 fully saturated rings. The lowest BCUT2D eigenvalue weighted by Gasteiger charge is -2.32. The number of carbonyl (C=O) groups is 2. The zero-order valence-electron chi connectivity index (χ0n) is 9.45. The van der Waals surface area contributed by atoms with Gasteiger partial charge >= 0.3 is 0 Å². The lowest BCUT2D eigenvalue weighted by molar-refractivity contribution is -0.132. The molecule has 6 heteroatoms. The maximum Gasteiger partial charge on any atom is 0.248 e. The number of carbonyl (C=O) groups excluding carboxylic acids is 2. The van der Waals surface area contributed by atoms with Crippen molar-refractivity contribution in [1.82, 2.24) is 10.6 Å². The molecule has 0 aromatic rings. The summed E-state index contributed by atoms with van der Waals surface area (Å²) in [5.41, 5.74) is 4.42. The van der Waals surface area contributed by atoms with Crippen molar-refractivity contribution in [3.8, 4) is 0 Å². The molecular weight excluding hydrogens is 210 g/mol. The van der Waals surface area contributed by atoms with Gasteiger partial charge in [0.05, 0.1) is 12.0 Å². The normalized spacial score (nSPS) is 27.1. The highest BCUT2D eigenvalue weighted by Gasteiger charge is 2.34. The first kappa shape index (κ1) is 12.9. The maximum atomic E-state index is 11.8. The zero-order valence-corrected chi connectivity index (χ0v) is 9.45. The molecule has 1 saturated heterocycles. The van der Waals surface area contributed by atoms with Gasteiger partial charge < -0.3 is 21.5 Å². The quantitative estimate of drug-likeness (QED) is 0.463. The van der Waals surface area contributed by atoms with E-state index in [0.29, 0.717) is 6.54 Å². The van der Waals surface area contributed by atoms with Crippen molar-refractivity contribution in [3.05, 3.63) is 0 Å². The fourth-order valence-corrected chi connectivity index (χ4v) is 1.75. The number of hydrogen-bond donors (Lipinski definition) is 4. The summed E-state index contributed by atoms with van der Waals surface area (Å²) in [4.78, 5) is 22.4. The number of amides is 2. The lowest BCUT2D eigenvalue weighted by Crippen LogP contribution is -2.51. The Morgan fingerprint density at radius 1 is 1.62 bits per heavy atom. The Morgan fingerprint density at radius 3 is 2.81 bits per heavy atom. The summed E-state index contributed by atoms with van der Waals surface area (Å²) in [6.45, 7) is 3.28. The number of rotatable bonds is 4. The summed E-state index contributed by atoms with van der Waals surface area (Å²) < 4.78 is 0. The van der Waals surface area contributed by atoms with Crippen LogP contribution in [-0.4, -0.2) is 42.7 Å². The van der Waals surface area contributed by atoms with E-state index in [-0.39, 0.29) is 12.5 Å². The van der Waals surface area contributed by atoms with Crippen LogP contribution in [0.2, 0.25) is 0 Å². The Kier molecular flexibility index (Phi) is 4.26. The van der Waals surface area contributed by atoms with Crippen molar-refractivity contribution in [2.75, 3.05) is 19.6 Å². The Bertz CT molecular complexity index is 274. The fourth-order valence-electron chi connectivity index (χ4n) is 1.75. The molecule has 16 heavy (non-hydrogen) atoms. The van der Waals surface area contributed by atoms with Crippen LogP contribution in [0.15, 0.2) is 0 Å². The summed E-state index contributed by atoms with van der Waals surface area (Å²) in [7, 11) is 0. The van der Waals surface area contributed by atoms with Crippen LogP contribution in [-0.2, 0) is 9.59 Å². The predicted molar refractivity (Wildman–Crippen MR) is 58.4 cm³/mol. The second-order valence-electron chi connectivity index (χ2n) is 4.47. The number of piperidine rings is 1. The van der Waals surface area contributed by atoms with Gasteiger partial charge in [-0.05, 0) is 26.3 Å². The fraction of sp³-hybridized carbons (Fsp3) is 0.800. The van der Waals surface area contributed by atoms with E-state index in [4.69, 9.17) is 10.8 Å². The SMILES string of the molecule is CC1(C(=O)NCC(O)C(N)=O)CCCNC1. The van der Waals surface area contributed by atoms with Gasteiger partial charge in [-0.15, -0.1) is 0 Å². The smallest absolute Gasteiger partial charge is 0.248 e. The molecule has 2 amide bonds. The minimum absolute atomic E-state index is 0.121. The largest absolute Gasteiger partial charge is 0.381 e. The number of primary amides is 1. The van der Waals surface area contributed by atoms with E-state index in [0.717, 1.165) is 19.4 Å². The molecule has 0 aliphatic carbocycles. The van der Waals surface area contributed by atoms with Crippen molar-refractivity contribution < 1.29 is 14.7 Å². The molecular formula is C10H19N3O3. The Hall–Kier alpha value is -1.14. The first-order chi connectivity index (χ1) is 7.46. The molecule has 6 nitrogen and oxygen atoms in total. The van der Waals surface area contributed by atoms with E-state index in [1.54, 1.807) is 0 Å². The lowest BCUT2D eigenvalue weighted by atomic mass is 9.82. The number of nitrogens with one attached hydrogen (secondary N) is 2. The van der Waals surface area contributed by atoms with E-state index >= 15 is 0 Å². The number of aliphatic hydroxyl groups is 1. The number of hydrogen-bond acceptors (Lipinski definition) is 4. The van der Waals surface area contributed by atoms with Crippen LogP contribution < -0.4 is 16.4 Å². The number of nitrogens with two attached hydrogens (primary N) is 1. The second-order valence-corrected chi connectivity index (χ2v) is 4.47. The minimum Gasteiger partial charge on any atom is -0.381 e. The summed E-state index contributed by atoms with van der Waals surface area (Å²) in [6, 6.07) is 0. The molecule has 5 N–H and O–H groups in total. The van der Waals surface area contributed by atoms with E-state index in [1.807, 2.05) is 6.92 Å². The third-order valence-corrected chi connectivity index (χ3v) is 2.93. The monoisotopic (exact) mass is 229 g/mol. The van der Waals surface area contributed by atoms with Crippen LogP contribution in [0, 0.1) is 5.41 Å². The topological polar surface area (TPSA) is 104 Å². The van der Waals surface area contributed by atoms with Crippen LogP contribution in [0.1, 0.15) is 19.8 Å². The molecule has 2 unspecified atom stereocenters. The van der Waals surface area contributed by atoms with Crippen molar-refractivity contribution in [1.29, 1.82) is 0 Å². The summed E-state index contributed by atoms with van der Waals surface area (Å²) >= 11 is 0. The van der Waals surface area contributed by atoms with E-state index in [1.165, 1.54) is 0 Å². The van der Waals surface area contributed by atoms with Crippen molar-refractivity contribution in [2.24, 2.45) is 11.1 Å². The molecule has 2 atom stereocenters. The van der Waals surface area contributed by atoms with E-state index in [2.05, 4.69) is 10.6 Å². The van der Waals surface area contributed by atoms with Crippen molar-refractivity contribution >= 4 is 11.8 Å². The van der Waals surface area contributed by atoms with Gasteiger partial charge in [0.1, 0.15) is 6.10 Å². The molecule has 1 aliphatic heterocycles. The third-order valence-electron chi connectivity index (χ3n) is 2.93. The molecule has 0 spiro atoms. The van der Waals surface area contributed by atoms with Crippen LogP contribution in [0.25, 0.3) is 0 Å². The van der Waals surface area contributed by atoms with Gasteiger partial charge in [0.15, 0.2) is 0 Å². The Labute approximate surface area is 94.6 Å². The van der Waals surface area contributed by atoms with Gasteiger partial charge in [0.2, 0.25) is 11.8 Å². The second kappa shape index (κ2) is 5.27. The Morgan fingerprint density at radius 2 is 2.31 bits per heavy atom. The first-order valence-electron chi connectivity index (χ1n) is 5.42. The summed E-state index contributed by atoms with van der Waals surface area (Å²) in [5.74, 6) is -0.979. The molecule has 0 aromatic carbocycles. The van der Waals surface area contributed by atoms with E-state index < -0.39 is 17.4 Å². The van der Waals surface area contributed by atoms with Crippen molar-refractivity contribution in [3.63, 3.8) is 0 Å². The van der Waals surface area contributed by atoms with Gasteiger partial charge in [0.25, 0.3) is 0 Å². The summed E-state index contributed by atoms with van der Waals surface area (Å²) in [6.07, 6.45) is 0.435. The highest BCUT2D eigenvalue weighted by Crippen LogP contribution is 2.25.